The summed E-state index contributed by atoms with van der Waals surface area (Å²) in [4.78, 5) is 14.4. The molecular formula is C44H69FN2O4S. The molecule has 0 radical (unpaired) electrons. The van der Waals surface area contributed by atoms with E-state index < -0.39 is 27.9 Å². The summed E-state index contributed by atoms with van der Waals surface area (Å²) in [7, 11) is -2.87. The first-order chi connectivity index (χ1) is 24.4. The van der Waals surface area contributed by atoms with Crippen molar-refractivity contribution in [1.29, 1.82) is 0 Å². The molecule has 292 valence electrons. The van der Waals surface area contributed by atoms with Gasteiger partial charge in [0.05, 0.1) is 16.9 Å². The van der Waals surface area contributed by atoms with Crippen LogP contribution in [0.5, 0.6) is 0 Å². The Bertz CT molecular complexity index is 1610. The zero-order valence-electron chi connectivity index (χ0n) is 33.3. The van der Waals surface area contributed by atoms with E-state index in [1.165, 1.54) is 74.5 Å². The van der Waals surface area contributed by atoms with Crippen LogP contribution >= 0.6 is 0 Å². The summed E-state index contributed by atoms with van der Waals surface area (Å²) in [5.41, 5.74) is 3.56. The third-order valence-corrected chi connectivity index (χ3v) is 19.4. The van der Waals surface area contributed by atoms with Gasteiger partial charge in [0.15, 0.2) is 9.84 Å². The maximum Gasteiger partial charge on any atom is 0.312 e. The minimum absolute atomic E-state index is 0.0214. The van der Waals surface area contributed by atoms with Gasteiger partial charge in [-0.25, -0.2) is 12.8 Å². The van der Waals surface area contributed by atoms with Crippen LogP contribution in [0.1, 0.15) is 125 Å². The highest BCUT2D eigenvalue weighted by molar-refractivity contribution is 7.91. The highest BCUT2D eigenvalue weighted by atomic mass is 32.2. The third kappa shape index (κ3) is 6.05. The average molecular weight is 741 g/mol. The first-order valence-corrected chi connectivity index (χ1v) is 22.7. The molecule has 0 amide bonds. The number of rotatable bonds is 8. The topological polar surface area (TPSA) is 86.7 Å². The zero-order chi connectivity index (χ0) is 37.5. The quantitative estimate of drug-likeness (QED) is 0.242. The van der Waals surface area contributed by atoms with Crippen LogP contribution in [-0.4, -0.2) is 74.3 Å². The molecule has 5 fully saturated rings. The molecule has 1 aliphatic heterocycles. The molecule has 2 N–H and O–H groups in total. The molecule has 0 aromatic carbocycles. The second kappa shape index (κ2) is 13.3. The Morgan fingerprint density at radius 1 is 0.962 bits per heavy atom. The van der Waals surface area contributed by atoms with E-state index in [1.807, 2.05) is 0 Å². The lowest BCUT2D eigenvalue weighted by molar-refractivity contribution is -0.150. The average Bonchev–Trinajstić information content (AvgIpc) is 3.35. The highest BCUT2D eigenvalue weighted by Crippen LogP contribution is 2.74. The minimum Gasteiger partial charge on any atom is -0.481 e. The van der Waals surface area contributed by atoms with E-state index >= 15 is 0 Å². The Balaban J connectivity index is 1.15. The summed E-state index contributed by atoms with van der Waals surface area (Å²) in [6, 6.07) is 0. The number of fused-ring (bicyclic) bond motifs is 8. The van der Waals surface area contributed by atoms with E-state index in [2.05, 4.69) is 70.5 Å². The van der Waals surface area contributed by atoms with Crippen LogP contribution in [0.3, 0.4) is 0 Å². The van der Waals surface area contributed by atoms with E-state index in [0.29, 0.717) is 67.0 Å². The summed E-state index contributed by atoms with van der Waals surface area (Å²) < 4.78 is 38.1. The smallest absolute Gasteiger partial charge is 0.312 e. The predicted molar refractivity (Wildman–Crippen MR) is 208 cm³/mol. The molecule has 7 rings (SSSR count). The van der Waals surface area contributed by atoms with Gasteiger partial charge in [-0.15, -0.1) is 0 Å². The number of hydrogen-bond donors (Lipinski definition) is 2. The summed E-state index contributed by atoms with van der Waals surface area (Å²) in [6.45, 7) is 22.2. The van der Waals surface area contributed by atoms with Crippen molar-refractivity contribution in [2.45, 2.75) is 131 Å². The van der Waals surface area contributed by atoms with Crippen molar-refractivity contribution < 1.29 is 22.7 Å². The number of allylic oxidation sites excluding steroid dienone is 5. The molecule has 4 saturated carbocycles. The fraction of sp³-hybridized carbons (Fsp3) is 0.841. The normalized spacial score (nSPS) is 45.6. The number of carbonyl (C=O) groups is 1. The molecule has 0 aromatic rings. The number of nitrogens with zero attached hydrogens (tertiary/aromatic N) is 1. The van der Waals surface area contributed by atoms with Gasteiger partial charge in [-0.05, 0) is 153 Å². The Morgan fingerprint density at radius 2 is 1.69 bits per heavy atom. The van der Waals surface area contributed by atoms with Crippen molar-refractivity contribution in [1.82, 2.24) is 10.2 Å². The Kier molecular flexibility index (Phi) is 9.92. The molecule has 2 bridgehead atoms. The van der Waals surface area contributed by atoms with Crippen molar-refractivity contribution >= 4 is 15.8 Å². The van der Waals surface area contributed by atoms with Crippen LogP contribution in [0.25, 0.3) is 0 Å². The number of nitrogens with one attached hydrogen (secondary N) is 1. The van der Waals surface area contributed by atoms with Crippen LogP contribution in [0, 0.1) is 56.7 Å². The molecule has 8 heteroatoms. The van der Waals surface area contributed by atoms with Crippen molar-refractivity contribution in [3.8, 4) is 0 Å². The van der Waals surface area contributed by atoms with Crippen LogP contribution in [0.2, 0.25) is 0 Å². The molecule has 1 heterocycles. The van der Waals surface area contributed by atoms with Gasteiger partial charge in [-0.3, -0.25) is 4.79 Å². The predicted octanol–water partition coefficient (Wildman–Crippen LogP) is 8.79. The van der Waals surface area contributed by atoms with E-state index in [4.69, 9.17) is 0 Å². The van der Waals surface area contributed by atoms with Gasteiger partial charge in [0.2, 0.25) is 0 Å². The van der Waals surface area contributed by atoms with E-state index in [1.54, 1.807) is 0 Å². The van der Waals surface area contributed by atoms with Gasteiger partial charge >= 0.3 is 5.97 Å². The lowest BCUT2D eigenvalue weighted by Crippen LogP contribution is -2.58. The van der Waals surface area contributed by atoms with Crippen molar-refractivity contribution in [3.63, 3.8) is 0 Å². The van der Waals surface area contributed by atoms with E-state index in [0.717, 1.165) is 19.5 Å². The van der Waals surface area contributed by atoms with Crippen molar-refractivity contribution in [2.75, 3.05) is 44.4 Å². The fourth-order valence-electron chi connectivity index (χ4n) is 14.6. The standard InChI is InChI=1S/C44H69FN2O4S/c1-30(2)33-12-19-44(46-22-23-47-24-26-52(50,51)27-25-47)21-20-40(5)28-32(37(33)44)8-9-36-41(6)15-13-34(39(3,4)35(41)14-16-42(36,40)7)31-10-17-43(29-45,18-11-31)38(48)49/h10,13,32-33,35-37,46H,1,8-9,11-12,14-29H2,2-7H3,(H,48,49)/t32-,33?,35+,36-,37+,40-,41+,42-,43-,44?/m1/s1. The largest absolute Gasteiger partial charge is 0.481 e. The molecule has 0 spiro atoms. The van der Waals surface area contributed by atoms with Gasteiger partial charge in [-0.2, -0.15) is 0 Å². The van der Waals surface area contributed by atoms with Crippen LogP contribution in [-0.2, 0) is 14.6 Å². The zero-order valence-corrected chi connectivity index (χ0v) is 34.1. The number of sulfone groups is 1. The molecule has 6 nitrogen and oxygen atoms in total. The number of carboxylic acid groups (broad SMARTS) is 1. The Hall–Kier alpha value is -1.51. The van der Waals surface area contributed by atoms with Gasteiger partial charge in [-0.1, -0.05) is 58.9 Å². The third-order valence-electron chi connectivity index (χ3n) is 17.8. The molecule has 7 aliphatic rings. The van der Waals surface area contributed by atoms with E-state index in [9.17, 15) is 22.7 Å². The van der Waals surface area contributed by atoms with Gasteiger partial charge in [0.25, 0.3) is 0 Å². The molecule has 0 aromatic heterocycles. The Morgan fingerprint density at radius 3 is 2.33 bits per heavy atom. The van der Waals surface area contributed by atoms with Crippen molar-refractivity contribution in [3.05, 3.63) is 35.5 Å². The number of carboxylic acids is 1. The maximum atomic E-state index is 14.0. The first kappa shape index (κ1) is 38.8. The molecule has 1 saturated heterocycles. The molecule has 2 unspecified atom stereocenters. The molecule has 52 heavy (non-hydrogen) atoms. The second-order valence-corrected chi connectivity index (χ2v) is 22.8. The van der Waals surface area contributed by atoms with Gasteiger partial charge in [0.1, 0.15) is 6.67 Å². The van der Waals surface area contributed by atoms with Crippen LogP contribution in [0.15, 0.2) is 35.5 Å². The number of hydrogen-bond acceptors (Lipinski definition) is 5. The summed E-state index contributed by atoms with van der Waals surface area (Å²) in [5, 5.41) is 14.1. The van der Waals surface area contributed by atoms with Crippen molar-refractivity contribution in [2.24, 2.45) is 56.7 Å². The Labute approximate surface area is 314 Å². The van der Waals surface area contributed by atoms with Crippen LogP contribution in [0.4, 0.5) is 4.39 Å². The highest BCUT2D eigenvalue weighted by Gasteiger charge is 2.66. The first-order valence-electron chi connectivity index (χ1n) is 20.9. The number of alkyl halides is 1. The van der Waals surface area contributed by atoms with E-state index in [-0.39, 0.29) is 33.6 Å². The molecular weight excluding hydrogens is 672 g/mol. The second-order valence-electron chi connectivity index (χ2n) is 20.5. The minimum atomic E-state index is -2.87. The SMILES string of the molecule is C=C(C)C1CCC2(NCCN3CCS(=O)(=O)CC3)CC[C@]3(C)C[C@@H](CC[C@@H]4[C@@]5(C)CC=C(C6=CC[C@@](CF)(C(=O)O)CC6)C(C)(C)[C@@H]5CC[C@]43C)[C@@H]12. The van der Waals surface area contributed by atoms with Gasteiger partial charge < -0.3 is 15.3 Å². The number of aliphatic carboxylic acids is 1. The lowest BCUT2D eigenvalue weighted by atomic mass is 9.39. The summed E-state index contributed by atoms with van der Waals surface area (Å²) in [5.74, 6) is 2.58. The fourth-order valence-corrected chi connectivity index (χ4v) is 15.9. The molecule has 10 atom stereocenters. The lowest BCUT2D eigenvalue weighted by Gasteiger charge is -2.66. The number of halogens is 1. The van der Waals surface area contributed by atoms with Crippen LogP contribution < -0.4 is 5.32 Å². The monoisotopic (exact) mass is 740 g/mol. The maximum absolute atomic E-state index is 14.0. The molecule has 6 aliphatic carbocycles. The summed E-state index contributed by atoms with van der Waals surface area (Å²) >= 11 is 0. The van der Waals surface area contributed by atoms with Gasteiger partial charge in [0, 0.05) is 31.7 Å². The summed E-state index contributed by atoms with van der Waals surface area (Å²) in [6.07, 6.45) is 18.3.